The van der Waals surface area contributed by atoms with Gasteiger partial charge >= 0.3 is 5.97 Å². The van der Waals surface area contributed by atoms with Crippen LogP contribution in [0.2, 0.25) is 0 Å². The van der Waals surface area contributed by atoms with Gasteiger partial charge in [-0.05, 0) is 5.92 Å². The number of nitrogens with two attached hydrogens (primary N) is 1. The zero-order chi connectivity index (χ0) is 8.15. The van der Waals surface area contributed by atoms with E-state index in [1.165, 1.54) is 0 Å². The Balaban J connectivity index is 3.84. The van der Waals surface area contributed by atoms with E-state index < -0.39 is 12.0 Å². The van der Waals surface area contributed by atoms with Crippen LogP contribution < -0.4 is 5.73 Å². The fourth-order valence-electron chi connectivity index (χ4n) is 0.514. The molecule has 0 rings (SSSR count). The summed E-state index contributed by atoms with van der Waals surface area (Å²) < 4.78 is 0. The molecule has 56 valence electrons. The number of nitriles is 1. The second-order valence-corrected chi connectivity index (χ2v) is 2.20. The Kier molecular flexibility index (Phi) is 3.44. The van der Waals surface area contributed by atoms with Gasteiger partial charge in [0.25, 0.3) is 0 Å². The highest BCUT2D eigenvalue weighted by Gasteiger charge is 2.18. The molecule has 0 aromatic carbocycles. The van der Waals surface area contributed by atoms with Crippen LogP contribution >= 0.6 is 0 Å². The molecule has 10 heavy (non-hydrogen) atoms. The molecular weight excluding hydrogens is 132 g/mol. The number of nitrogens with zero attached hydrogens (tertiary/aromatic N) is 1. The lowest BCUT2D eigenvalue weighted by atomic mass is 10.0. The predicted octanol–water partition coefficient (Wildman–Crippen LogP) is -0.0519. The van der Waals surface area contributed by atoms with Crippen LogP contribution in [-0.4, -0.2) is 17.1 Å². The number of hydrogen-bond acceptors (Lipinski definition) is 3. The quantitative estimate of drug-likeness (QED) is 0.578. The second kappa shape index (κ2) is 3.85. The average molecular weight is 142 g/mol. The molecule has 0 heterocycles. The zero-order valence-corrected chi connectivity index (χ0v) is 5.74. The molecule has 0 spiro atoms. The van der Waals surface area contributed by atoms with Gasteiger partial charge in [0.2, 0.25) is 0 Å². The Labute approximate surface area is 59.3 Å². The molecule has 0 saturated carbocycles. The van der Waals surface area contributed by atoms with Crippen molar-refractivity contribution in [3.8, 4) is 6.07 Å². The summed E-state index contributed by atoms with van der Waals surface area (Å²) in [7, 11) is 0. The third kappa shape index (κ3) is 2.46. The first-order valence-corrected chi connectivity index (χ1v) is 2.95. The van der Waals surface area contributed by atoms with Crippen LogP contribution in [0.4, 0.5) is 0 Å². The van der Waals surface area contributed by atoms with Gasteiger partial charge in [-0.1, -0.05) is 6.92 Å². The van der Waals surface area contributed by atoms with E-state index in [9.17, 15) is 4.79 Å². The molecule has 0 aliphatic carbocycles. The van der Waals surface area contributed by atoms with Crippen LogP contribution in [0.1, 0.15) is 13.3 Å². The highest BCUT2D eigenvalue weighted by molar-refractivity contribution is 5.73. The SMILES string of the molecule is C[C@H](CC#N)[C@@H](N)C(=O)O. The number of carboxylic acid groups (broad SMARTS) is 1. The van der Waals surface area contributed by atoms with Crippen molar-refractivity contribution < 1.29 is 9.90 Å². The molecule has 4 heteroatoms. The summed E-state index contributed by atoms with van der Waals surface area (Å²) in [6.45, 7) is 1.64. The van der Waals surface area contributed by atoms with Crippen LogP contribution in [0.3, 0.4) is 0 Å². The first-order chi connectivity index (χ1) is 4.59. The van der Waals surface area contributed by atoms with Gasteiger partial charge in [-0.3, -0.25) is 4.79 Å². The molecule has 0 saturated heterocycles. The molecule has 0 radical (unpaired) electrons. The van der Waals surface area contributed by atoms with Crippen LogP contribution in [0.15, 0.2) is 0 Å². The van der Waals surface area contributed by atoms with E-state index in [1.54, 1.807) is 6.92 Å². The minimum atomic E-state index is -1.05. The molecule has 3 N–H and O–H groups in total. The Hall–Kier alpha value is -1.08. The fraction of sp³-hybridized carbons (Fsp3) is 0.667. The topological polar surface area (TPSA) is 87.1 Å². The van der Waals surface area contributed by atoms with Gasteiger partial charge in [-0.15, -0.1) is 0 Å². The van der Waals surface area contributed by atoms with E-state index >= 15 is 0 Å². The van der Waals surface area contributed by atoms with Crippen LogP contribution in [0.25, 0.3) is 0 Å². The number of rotatable bonds is 3. The van der Waals surface area contributed by atoms with Crippen molar-refractivity contribution in [1.29, 1.82) is 5.26 Å². The molecule has 0 aromatic heterocycles. The zero-order valence-electron chi connectivity index (χ0n) is 5.74. The van der Waals surface area contributed by atoms with E-state index in [-0.39, 0.29) is 12.3 Å². The van der Waals surface area contributed by atoms with Gasteiger partial charge in [-0.25, -0.2) is 0 Å². The standard InChI is InChI=1S/C6H10N2O2/c1-4(2-3-7)5(8)6(9)10/h4-5H,2,8H2,1H3,(H,9,10)/t4-,5-/m1/s1. The Morgan fingerprint density at radius 1 is 1.90 bits per heavy atom. The summed E-state index contributed by atoms with van der Waals surface area (Å²) in [5.74, 6) is -1.33. The van der Waals surface area contributed by atoms with Crippen molar-refractivity contribution in [2.45, 2.75) is 19.4 Å². The van der Waals surface area contributed by atoms with Gasteiger partial charge in [-0.2, -0.15) is 5.26 Å². The highest BCUT2D eigenvalue weighted by Crippen LogP contribution is 2.04. The molecule has 0 aliphatic heterocycles. The highest BCUT2D eigenvalue weighted by atomic mass is 16.4. The maximum Gasteiger partial charge on any atom is 0.320 e. The normalized spacial score (nSPS) is 15.3. The van der Waals surface area contributed by atoms with Crippen molar-refractivity contribution in [1.82, 2.24) is 0 Å². The van der Waals surface area contributed by atoms with Gasteiger partial charge in [0.1, 0.15) is 6.04 Å². The van der Waals surface area contributed by atoms with Crippen LogP contribution in [-0.2, 0) is 4.79 Å². The van der Waals surface area contributed by atoms with E-state index in [0.717, 1.165) is 0 Å². The maximum atomic E-state index is 10.2. The summed E-state index contributed by atoms with van der Waals surface area (Å²) in [6, 6.07) is 0.943. The molecule has 0 bridgehead atoms. The van der Waals surface area contributed by atoms with Gasteiger partial charge in [0.05, 0.1) is 6.07 Å². The molecule has 2 atom stereocenters. The smallest absolute Gasteiger partial charge is 0.320 e. The summed E-state index contributed by atoms with van der Waals surface area (Å²) in [5.41, 5.74) is 5.20. The third-order valence-electron chi connectivity index (χ3n) is 1.31. The first kappa shape index (κ1) is 8.92. The van der Waals surface area contributed by atoms with E-state index in [4.69, 9.17) is 16.1 Å². The van der Waals surface area contributed by atoms with E-state index in [0.29, 0.717) is 0 Å². The second-order valence-electron chi connectivity index (χ2n) is 2.20. The van der Waals surface area contributed by atoms with E-state index in [2.05, 4.69) is 0 Å². The van der Waals surface area contributed by atoms with Crippen LogP contribution in [0, 0.1) is 17.2 Å². The Morgan fingerprint density at radius 3 is 2.70 bits per heavy atom. The Bertz CT molecular complexity index is 162. The maximum absolute atomic E-state index is 10.2. The third-order valence-corrected chi connectivity index (χ3v) is 1.31. The van der Waals surface area contributed by atoms with Gasteiger partial charge in [0.15, 0.2) is 0 Å². The van der Waals surface area contributed by atoms with Crippen molar-refractivity contribution in [3.05, 3.63) is 0 Å². The van der Waals surface area contributed by atoms with Gasteiger partial charge in [0, 0.05) is 6.42 Å². The van der Waals surface area contributed by atoms with Crippen molar-refractivity contribution in [3.63, 3.8) is 0 Å². The van der Waals surface area contributed by atoms with E-state index in [1.807, 2.05) is 6.07 Å². The van der Waals surface area contributed by atoms with Gasteiger partial charge < -0.3 is 10.8 Å². The van der Waals surface area contributed by atoms with Crippen LogP contribution in [0.5, 0.6) is 0 Å². The molecule has 0 aliphatic rings. The minimum absolute atomic E-state index is 0.188. The number of carbonyl (C=O) groups is 1. The number of hydrogen-bond donors (Lipinski definition) is 2. The molecular formula is C6H10N2O2. The predicted molar refractivity (Wildman–Crippen MR) is 35.0 cm³/mol. The average Bonchev–Trinajstić information content (AvgIpc) is 1.87. The monoisotopic (exact) mass is 142 g/mol. The summed E-state index contributed by atoms with van der Waals surface area (Å²) in [5, 5.41) is 16.5. The number of aliphatic carboxylic acids is 1. The Morgan fingerprint density at radius 2 is 2.40 bits per heavy atom. The molecule has 4 nitrogen and oxygen atoms in total. The fourth-order valence-corrected chi connectivity index (χ4v) is 0.514. The molecule has 0 amide bonds. The van der Waals surface area contributed by atoms with Crippen molar-refractivity contribution >= 4 is 5.97 Å². The lowest BCUT2D eigenvalue weighted by molar-refractivity contribution is -0.139. The lowest BCUT2D eigenvalue weighted by Crippen LogP contribution is -2.36. The molecule has 0 unspecified atom stereocenters. The van der Waals surface area contributed by atoms with Crippen molar-refractivity contribution in [2.75, 3.05) is 0 Å². The summed E-state index contributed by atoms with van der Waals surface area (Å²) in [4.78, 5) is 10.2. The minimum Gasteiger partial charge on any atom is -0.480 e. The summed E-state index contributed by atoms with van der Waals surface area (Å²) >= 11 is 0. The largest absolute Gasteiger partial charge is 0.480 e. The number of carboxylic acids is 1. The molecule has 0 fully saturated rings. The molecule has 0 aromatic rings. The lowest BCUT2D eigenvalue weighted by Gasteiger charge is -2.10. The first-order valence-electron chi connectivity index (χ1n) is 2.95. The summed E-state index contributed by atoms with van der Waals surface area (Å²) in [6.07, 6.45) is 0.188. The van der Waals surface area contributed by atoms with Crippen molar-refractivity contribution in [2.24, 2.45) is 11.7 Å².